The van der Waals surface area contributed by atoms with Crippen molar-refractivity contribution in [3.63, 3.8) is 0 Å². The molecule has 4 aliphatic rings. The Bertz CT molecular complexity index is 1760. The molecule has 1 aromatic heterocycles. The summed E-state index contributed by atoms with van der Waals surface area (Å²) in [6.45, 7) is 0.356. The lowest BCUT2D eigenvalue weighted by Gasteiger charge is -2.64. The van der Waals surface area contributed by atoms with E-state index in [0.717, 1.165) is 23.7 Å². The highest BCUT2D eigenvalue weighted by Crippen LogP contribution is 2.63. The molecule has 0 amide bonds. The predicted octanol–water partition coefficient (Wildman–Crippen LogP) is 8.33. The molecule has 4 bridgehead atoms. The zero-order valence-electron chi connectivity index (χ0n) is 24.1. The van der Waals surface area contributed by atoms with Gasteiger partial charge in [-0.15, -0.1) is 0 Å². The third-order valence-corrected chi connectivity index (χ3v) is 11.4. The Morgan fingerprint density at radius 3 is 1.43 bits per heavy atom. The van der Waals surface area contributed by atoms with Gasteiger partial charge in [0.2, 0.25) is 6.71 Å². The molecule has 0 atom stereocenters. The fraction of sp³-hybridized carbons (Fsp3) is 0.250. The van der Waals surface area contributed by atoms with Crippen LogP contribution < -0.4 is 10.9 Å². The maximum absolute atomic E-state index is 2.53. The molecule has 0 aliphatic heterocycles. The van der Waals surface area contributed by atoms with Gasteiger partial charge in [-0.2, -0.15) is 0 Å². The molecule has 0 unspecified atom stereocenters. The number of nitrogens with zero attached hydrogens (tertiary/aromatic N) is 1. The van der Waals surface area contributed by atoms with Crippen LogP contribution in [0.3, 0.4) is 0 Å². The van der Waals surface area contributed by atoms with Gasteiger partial charge in [0.05, 0.1) is 11.0 Å². The third kappa shape index (κ3) is 3.51. The molecule has 0 spiro atoms. The second-order valence-corrected chi connectivity index (χ2v) is 13.4. The molecule has 0 N–H and O–H groups in total. The summed E-state index contributed by atoms with van der Waals surface area (Å²) in [6.07, 6.45) is 7.02. The minimum Gasteiger partial charge on any atom is -0.309 e. The summed E-state index contributed by atoms with van der Waals surface area (Å²) in [7, 11) is 0. The lowest BCUT2D eigenvalue weighted by Crippen LogP contribution is -2.69. The number of hydrogen-bond acceptors (Lipinski definition) is 0. The fourth-order valence-electron chi connectivity index (χ4n) is 10.2. The van der Waals surface area contributed by atoms with Gasteiger partial charge in [-0.25, -0.2) is 0 Å². The minimum atomic E-state index is 0.107. The fourth-order valence-corrected chi connectivity index (χ4v) is 10.2. The number of fused-ring (bicyclic) bond motifs is 3. The van der Waals surface area contributed by atoms with Crippen molar-refractivity contribution in [1.29, 1.82) is 0 Å². The van der Waals surface area contributed by atoms with Crippen LogP contribution in [0.2, 0.25) is 0 Å². The van der Waals surface area contributed by atoms with Crippen LogP contribution in [0, 0.1) is 23.7 Å². The van der Waals surface area contributed by atoms with E-state index >= 15 is 0 Å². The Morgan fingerprint density at radius 2 is 0.929 bits per heavy atom. The lowest BCUT2D eigenvalue weighted by atomic mass is 9.17. The van der Waals surface area contributed by atoms with Crippen LogP contribution in [-0.4, -0.2) is 11.3 Å². The number of hydrogen-bond donors (Lipinski definition) is 0. The van der Waals surface area contributed by atoms with Crippen molar-refractivity contribution in [2.75, 3.05) is 0 Å². The molecular weight excluding hydrogens is 505 g/mol. The van der Waals surface area contributed by atoms with E-state index in [-0.39, 0.29) is 5.31 Å². The standard InChI is InChI=1S/C40H36BN/c1-3-11-33(12-4-1)41(34-13-5-2-6-14-34)40(31-24-28-23-29(26-31)27-32(40)25-28)30-19-21-35(22-20-30)42-38-17-9-7-15-36(38)37-16-8-10-18-39(37)42/h1-22,28-29,31-32H,23-27H2. The summed E-state index contributed by atoms with van der Waals surface area (Å²) in [5.41, 5.74) is 8.32. The Labute approximate surface area is 249 Å². The molecule has 10 rings (SSSR count). The second kappa shape index (κ2) is 9.49. The molecule has 4 fully saturated rings. The van der Waals surface area contributed by atoms with Crippen LogP contribution in [-0.2, 0) is 5.31 Å². The monoisotopic (exact) mass is 541 g/mol. The number of aromatic nitrogens is 1. The van der Waals surface area contributed by atoms with Crippen molar-refractivity contribution in [2.45, 2.75) is 37.4 Å². The lowest BCUT2D eigenvalue weighted by molar-refractivity contribution is -0.0249. The quantitative estimate of drug-likeness (QED) is 0.194. The van der Waals surface area contributed by atoms with Gasteiger partial charge in [0, 0.05) is 16.5 Å². The zero-order valence-corrected chi connectivity index (χ0v) is 24.1. The van der Waals surface area contributed by atoms with Gasteiger partial charge in [0.15, 0.2) is 0 Å². The molecule has 42 heavy (non-hydrogen) atoms. The van der Waals surface area contributed by atoms with E-state index in [0.29, 0.717) is 6.71 Å². The molecule has 4 saturated carbocycles. The molecular formula is C40H36BN. The predicted molar refractivity (Wildman–Crippen MR) is 177 cm³/mol. The van der Waals surface area contributed by atoms with Crippen LogP contribution in [0.1, 0.15) is 37.7 Å². The summed E-state index contributed by atoms with van der Waals surface area (Å²) >= 11 is 0. The number of benzene rings is 5. The summed E-state index contributed by atoms with van der Waals surface area (Å²) in [6, 6.07) is 50.6. The van der Waals surface area contributed by atoms with Crippen LogP contribution in [0.5, 0.6) is 0 Å². The van der Waals surface area contributed by atoms with Crippen molar-refractivity contribution >= 4 is 39.4 Å². The Hall–Kier alpha value is -4.04. The van der Waals surface area contributed by atoms with E-state index in [2.05, 4.69) is 138 Å². The van der Waals surface area contributed by atoms with Crippen molar-refractivity contribution < 1.29 is 0 Å². The normalized spacial score (nSPS) is 26.2. The molecule has 6 aromatic rings. The average Bonchev–Trinajstić information content (AvgIpc) is 3.38. The first-order chi connectivity index (χ1) is 20.8. The van der Waals surface area contributed by atoms with Crippen molar-refractivity contribution in [3.8, 4) is 5.69 Å². The van der Waals surface area contributed by atoms with E-state index in [1.165, 1.54) is 70.5 Å². The topological polar surface area (TPSA) is 4.93 Å². The molecule has 0 saturated heterocycles. The summed E-state index contributed by atoms with van der Waals surface area (Å²) < 4.78 is 2.46. The summed E-state index contributed by atoms with van der Waals surface area (Å²) in [5, 5.41) is 2.75. The van der Waals surface area contributed by atoms with Gasteiger partial charge in [-0.3, -0.25) is 0 Å². The van der Waals surface area contributed by atoms with Crippen molar-refractivity contribution in [3.05, 3.63) is 139 Å². The van der Waals surface area contributed by atoms with Gasteiger partial charge in [-0.05, 0) is 90.9 Å². The van der Waals surface area contributed by atoms with Crippen LogP contribution in [0.4, 0.5) is 0 Å². The SMILES string of the molecule is c1ccc(B(c2ccccc2)C2(c3ccc(-n4c5ccccc5c5ccccc54)cc3)C3CC4CC(C3)CC2C4)cc1. The average molecular weight is 542 g/mol. The molecule has 0 radical (unpaired) electrons. The van der Waals surface area contributed by atoms with E-state index in [9.17, 15) is 0 Å². The highest BCUT2D eigenvalue weighted by atomic mass is 15.0. The first kappa shape index (κ1) is 24.6. The Balaban J connectivity index is 1.26. The van der Waals surface area contributed by atoms with Crippen LogP contribution >= 0.6 is 0 Å². The molecule has 1 nitrogen and oxygen atoms in total. The molecule has 5 aromatic carbocycles. The van der Waals surface area contributed by atoms with Crippen LogP contribution in [0.25, 0.3) is 27.5 Å². The second-order valence-electron chi connectivity index (χ2n) is 13.4. The van der Waals surface area contributed by atoms with Crippen molar-refractivity contribution in [1.82, 2.24) is 4.57 Å². The summed E-state index contributed by atoms with van der Waals surface area (Å²) in [4.78, 5) is 0. The van der Waals surface area contributed by atoms with Crippen molar-refractivity contribution in [2.24, 2.45) is 23.7 Å². The molecule has 204 valence electrons. The minimum absolute atomic E-state index is 0.107. The first-order valence-electron chi connectivity index (χ1n) is 16.0. The number of para-hydroxylation sites is 2. The van der Waals surface area contributed by atoms with E-state index < -0.39 is 0 Å². The Kier molecular flexibility index (Phi) is 5.55. The molecule has 1 heterocycles. The van der Waals surface area contributed by atoms with E-state index in [1.54, 1.807) is 5.56 Å². The van der Waals surface area contributed by atoms with Crippen LogP contribution in [0.15, 0.2) is 133 Å². The Morgan fingerprint density at radius 1 is 0.476 bits per heavy atom. The van der Waals surface area contributed by atoms with Gasteiger partial charge in [0.1, 0.15) is 0 Å². The molecule has 2 heteroatoms. The summed E-state index contributed by atoms with van der Waals surface area (Å²) in [5.74, 6) is 3.28. The maximum atomic E-state index is 2.53. The molecule has 4 aliphatic carbocycles. The zero-order chi connectivity index (χ0) is 27.7. The largest absolute Gasteiger partial charge is 0.309 e. The van der Waals surface area contributed by atoms with Gasteiger partial charge >= 0.3 is 0 Å². The third-order valence-electron chi connectivity index (χ3n) is 11.4. The van der Waals surface area contributed by atoms with E-state index in [4.69, 9.17) is 0 Å². The van der Waals surface area contributed by atoms with E-state index in [1.807, 2.05) is 0 Å². The smallest absolute Gasteiger partial charge is 0.220 e. The van der Waals surface area contributed by atoms with Gasteiger partial charge in [-0.1, -0.05) is 120 Å². The highest BCUT2D eigenvalue weighted by Gasteiger charge is 2.62. The maximum Gasteiger partial charge on any atom is 0.220 e. The highest BCUT2D eigenvalue weighted by molar-refractivity contribution is 6.87. The van der Waals surface area contributed by atoms with Gasteiger partial charge in [0.25, 0.3) is 0 Å². The first-order valence-corrected chi connectivity index (χ1v) is 16.0. The van der Waals surface area contributed by atoms with Gasteiger partial charge < -0.3 is 4.57 Å². The number of rotatable bonds is 5.